The summed E-state index contributed by atoms with van der Waals surface area (Å²) in [5.41, 5.74) is 6.27. The van der Waals surface area contributed by atoms with Crippen LogP contribution in [-0.4, -0.2) is 22.2 Å². The molecule has 0 saturated heterocycles. The number of benzene rings is 1. The number of nitrogens with zero attached hydrogens (tertiary/aromatic N) is 1. The number of carbonyl (C=O) groups excluding carboxylic acids is 1. The first-order valence-electron chi connectivity index (χ1n) is 3.79. The van der Waals surface area contributed by atoms with E-state index < -0.39 is 17.7 Å². The second-order valence-corrected chi connectivity index (χ2v) is 2.58. The number of aromatic hydroxyl groups is 1. The van der Waals surface area contributed by atoms with Gasteiger partial charge in [0.05, 0.1) is 11.3 Å². The zero-order valence-corrected chi connectivity index (χ0v) is 7.39. The van der Waals surface area contributed by atoms with E-state index >= 15 is 0 Å². The van der Waals surface area contributed by atoms with Gasteiger partial charge in [0.25, 0.3) is 0 Å². The van der Waals surface area contributed by atoms with Crippen molar-refractivity contribution in [2.45, 2.75) is 0 Å². The lowest BCUT2D eigenvalue weighted by Crippen LogP contribution is -2.06. The van der Waals surface area contributed by atoms with Gasteiger partial charge in [-0.3, -0.25) is 0 Å². The van der Waals surface area contributed by atoms with Crippen LogP contribution >= 0.6 is 0 Å². The Balaban J connectivity index is 2.98. The third-order valence-electron chi connectivity index (χ3n) is 1.59. The molecule has 1 aromatic carbocycles. The third kappa shape index (κ3) is 2.50. The molecule has 0 fully saturated rings. The third-order valence-corrected chi connectivity index (χ3v) is 1.59. The van der Waals surface area contributed by atoms with Crippen LogP contribution in [0.2, 0.25) is 0 Å². The molecule has 1 aromatic rings. The summed E-state index contributed by atoms with van der Waals surface area (Å²) in [6.45, 7) is 0. The molecule has 0 unspecified atom stereocenters. The van der Waals surface area contributed by atoms with E-state index in [0.29, 0.717) is 0 Å². The highest BCUT2D eigenvalue weighted by Gasteiger charge is 2.09. The largest absolute Gasteiger partial charge is 0.506 e. The Morgan fingerprint density at radius 3 is 2.53 bits per heavy atom. The summed E-state index contributed by atoms with van der Waals surface area (Å²) in [7, 11) is 0. The topological polar surface area (TPSA) is 123 Å². The highest BCUT2D eigenvalue weighted by molar-refractivity contribution is 5.93. The molecule has 0 aromatic heterocycles. The van der Waals surface area contributed by atoms with E-state index in [1.165, 1.54) is 12.1 Å². The maximum atomic E-state index is 10.7. The van der Waals surface area contributed by atoms with Gasteiger partial charge in [0.15, 0.2) is 0 Å². The quantitative estimate of drug-likeness (QED) is 0.436. The molecule has 7 nitrogen and oxygen atoms in total. The Morgan fingerprint density at radius 1 is 1.40 bits per heavy atom. The van der Waals surface area contributed by atoms with Crippen LogP contribution in [0.15, 0.2) is 23.3 Å². The SMILES string of the molecule is N=NC(=O)Nc1ccc(C(=O)O)cc1O. The minimum atomic E-state index is -1.19. The predicted octanol–water partition coefficient (Wildman–Crippen LogP) is 1.65. The standard InChI is InChI=1S/C8H7N3O4/c9-11-8(15)10-5-2-1-4(7(13)14)3-6(5)12/h1-3,9,12H,(H,10,15)(H,13,14). The van der Waals surface area contributed by atoms with Crippen LogP contribution in [0.3, 0.4) is 0 Å². The zero-order chi connectivity index (χ0) is 11.4. The lowest BCUT2D eigenvalue weighted by molar-refractivity contribution is 0.0696. The summed E-state index contributed by atoms with van der Waals surface area (Å²) in [6, 6.07) is 2.46. The van der Waals surface area contributed by atoms with Crippen molar-refractivity contribution in [3.05, 3.63) is 23.8 Å². The molecule has 0 aliphatic rings. The van der Waals surface area contributed by atoms with Crippen molar-refractivity contribution >= 4 is 17.7 Å². The van der Waals surface area contributed by atoms with E-state index in [4.69, 9.17) is 10.6 Å². The molecular weight excluding hydrogens is 202 g/mol. The fourth-order valence-corrected chi connectivity index (χ4v) is 0.914. The Kier molecular flexibility index (Phi) is 2.97. The van der Waals surface area contributed by atoms with E-state index in [0.717, 1.165) is 6.07 Å². The van der Waals surface area contributed by atoms with Crippen LogP contribution in [0.25, 0.3) is 0 Å². The molecule has 1 rings (SSSR count). The van der Waals surface area contributed by atoms with Gasteiger partial charge in [-0.1, -0.05) is 5.11 Å². The molecule has 0 heterocycles. The molecule has 0 bridgehead atoms. The molecule has 0 aliphatic carbocycles. The molecule has 15 heavy (non-hydrogen) atoms. The fraction of sp³-hybridized carbons (Fsp3) is 0. The number of amides is 2. The summed E-state index contributed by atoms with van der Waals surface area (Å²) in [5, 5.41) is 22.5. The van der Waals surface area contributed by atoms with Crippen LogP contribution in [-0.2, 0) is 0 Å². The normalized spacial score (nSPS) is 9.33. The van der Waals surface area contributed by atoms with Gasteiger partial charge in [-0.2, -0.15) is 5.53 Å². The van der Waals surface area contributed by atoms with Gasteiger partial charge in [-0.15, -0.1) is 0 Å². The lowest BCUT2D eigenvalue weighted by Gasteiger charge is -2.04. The predicted molar refractivity (Wildman–Crippen MR) is 49.2 cm³/mol. The van der Waals surface area contributed by atoms with Crippen molar-refractivity contribution in [3.8, 4) is 5.75 Å². The van der Waals surface area contributed by atoms with Crippen molar-refractivity contribution in [2.75, 3.05) is 5.32 Å². The summed E-state index contributed by atoms with van der Waals surface area (Å²) in [4.78, 5) is 21.2. The van der Waals surface area contributed by atoms with Crippen molar-refractivity contribution in [1.82, 2.24) is 0 Å². The van der Waals surface area contributed by atoms with Gasteiger partial charge in [0.2, 0.25) is 0 Å². The Morgan fingerprint density at radius 2 is 2.07 bits per heavy atom. The number of anilines is 1. The smallest absolute Gasteiger partial charge is 0.363 e. The molecule has 7 heteroatoms. The highest BCUT2D eigenvalue weighted by Crippen LogP contribution is 2.24. The number of carboxylic acid groups (broad SMARTS) is 1. The zero-order valence-electron chi connectivity index (χ0n) is 7.39. The number of aromatic carboxylic acids is 1. The summed E-state index contributed by atoms with van der Waals surface area (Å²) >= 11 is 0. The molecule has 2 amide bonds. The number of hydrogen-bond donors (Lipinski definition) is 4. The van der Waals surface area contributed by atoms with E-state index in [1.54, 1.807) is 0 Å². The Labute approximate surface area is 83.9 Å². The maximum Gasteiger partial charge on any atom is 0.363 e. The van der Waals surface area contributed by atoms with E-state index in [2.05, 4.69) is 10.4 Å². The maximum absolute atomic E-state index is 10.7. The first-order chi connectivity index (χ1) is 7.04. The second kappa shape index (κ2) is 4.18. The molecule has 0 saturated carbocycles. The van der Waals surface area contributed by atoms with Crippen LogP contribution < -0.4 is 5.32 Å². The first-order valence-corrected chi connectivity index (χ1v) is 3.79. The number of phenols is 1. The molecule has 0 aliphatic heterocycles. The minimum Gasteiger partial charge on any atom is -0.506 e. The van der Waals surface area contributed by atoms with Crippen LogP contribution in [0.1, 0.15) is 10.4 Å². The minimum absolute atomic E-state index is 0.000926. The number of hydrogen-bond acceptors (Lipinski definition) is 4. The van der Waals surface area contributed by atoms with Gasteiger partial charge < -0.3 is 15.5 Å². The summed E-state index contributed by atoms with van der Waals surface area (Å²) in [6.07, 6.45) is 0. The first kappa shape index (κ1) is 10.6. The van der Waals surface area contributed by atoms with E-state index in [9.17, 15) is 14.7 Å². The van der Waals surface area contributed by atoms with E-state index in [-0.39, 0.29) is 11.3 Å². The molecule has 0 radical (unpaired) electrons. The van der Waals surface area contributed by atoms with Gasteiger partial charge in [0.1, 0.15) is 5.75 Å². The summed E-state index contributed by atoms with van der Waals surface area (Å²) in [5.74, 6) is -1.58. The molecule has 78 valence electrons. The van der Waals surface area contributed by atoms with Gasteiger partial charge >= 0.3 is 12.0 Å². The summed E-state index contributed by atoms with van der Waals surface area (Å²) < 4.78 is 0. The second-order valence-electron chi connectivity index (χ2n) is 2.58. The fourth-order valence-electron chi connectivity index (χ4n) is 0.914. The number of urea groups is 1. The van der Waals surface area contributed by atoms with Crippen molar-refractivity contribution in [1.29, 1.82) is 5.53 Å². The van der Waals surface area contributed by atoms with Gasteiger partial charge in [-0.25, -0.2) is 9.59 Å². The molecule has 0 atom stereocenters. The molecule has 4 N–H and O–H groups in total. The number of nitrogens with one attached hydrogen (secondary N) is 2. The monoisotopic (exact) mass is 209 g/mol. The van der Waals surface area contributed by atoms with Crippen molar-refractivity contribution in [3.63, 3.8) is 0 Å². The molecular formula is C8H7N3O4. The average Bonchev–Trinajstić information content (AvgIpc) is 2.20. The average molecular weight is 209 g/mol. The van der Waals surface area contributed by atoms with Gasteiger partial charge in [-0.05, 0) is 18.2 Å². The Bertz CT molecular complexity index is 430. The van der Waals surface area contributed by atoms with Crippen LogP contribution in [0, 0.1) is 5.53 Å². The molecule has 0 spiro atoms. The van der Waals surface area contributed by atoms with Crippen LogP contribution in [0.4, 0.5) is 10.5 Å². The Hall–Kier alpha value is -2.44. The van der Waals surface area contributed by atoms with Crippen molar-refractivity contribution < 1.29 is 19.8 Å². The van der Waals surface area contributed by atoms with Gasteiger partial charge in [0, 0.05) is 0 Å². The number of carbonyl (C=O) groups is 2. The number of carboxylic acids is 1. The number of rotatable bonds is 2. The van der Waals surface area contributed by atoms with E-state index in [1.807, 2.05) is 0 Å². The van der Waals surface area contributed by atoms with Crippen LogP contribution in [0.5, 0.6) is 5.75 Å². The highest BCUT2D eigenvalue weighted by atomic mass is 16.4. The van der Waals surface area contributed by atoms with Crippen molar-refractivity contribution in [2.24, 2.45) is 5.11 Å². The number of phenolic OH excluding ortho intramolecular Hbond substituents is 1. The lowest BCUT2D eigenvalue weighted by atomic mass is 10.2.